The number of rotatable bonds is 6. The van der Waals surface area contributed by atoms with Crippen LogP contribution in [0.5, 0.6) is 0 Å². The van der Waals surface area contributed by atoms with E-state index in [1.807, 2.05) is 41.6 Å². The second kappa shape index (κ2) is 6.81. The molecule has 1 heterocycles. The third-order valence-electron chi connectivity index (χ3n) is 3.35. The molecular weight excluding hydrogens is 268 g/mol. The molecule has 2 aromatic rings. The number of aryl methyl sites for hydroxylation is 1. The van der Waals surface area contributed by atoms with Gasteiger partial charge in [-0.1, -0.05) is 18.2 Å². The Balaban J connectivity index is 2.46. The molecule has 0 saturated carbocycles. The fraction of sp³-hybridized carbons (Fsp3) is 0.400. The maximum absolute atomic E-state index is 5.92. The molecule has 0 fully saturated rings. The molecular formula is C15H22N4S. The van der Waals surface area contributed by atoms with Crippen LogP contribution in [-0.4, -0.2) is 35.4 Å². The molecule has 0 aliphatic rings. The number of hydrogen-bond donors (Lipinski definition) is 1. The van der Waals surface area contributed by atoms with Gasteiger partial charge in [0.25, 0.3) is 0 Å². The average Bonchev–Trinajstić information content (AvgIpc) is 2.82. The number of thioether (sulfide) groups is 1. The summed E-state index contributed by atoms with van der Waals surface area (Å²) in [6.45, 7) is 3.51. The van der Waals surface area contributed by atoms with E-state index in [4.69, 9.17) is 5.73 Å². The lowest BCUT2D eigenvalue weighted by Crippen LogP contribution is -2.24. The first-order valence-corrected chi connectivity index (χ1v) is 8.12. The second-order valence-electron chi connectivity index (χ2n) is 4.75. The molecule has 2 N–H and O–H groups in total. The highest BCUT2D eigenvalue weighted by Gasteiger charge is 2.18. The summed E-state index contributed by atoms with van der Waals surface area (Å²) >= 11 is 1.84. The summed E-state index contributed by atoms with van der Waals surface area (Å²) in [6, 6.07) is 10.2. The normalized spacial score (nSPS) is 10.8. The van der Waals surface area contributed by atoms with E-state index in [-0.39, 0.29) is 0 Å². The molecule has 4 nitrogen and oxygen atoms in total. The van der Waals surface area contributed by atoms with Gasteiger partial charge in [-0.15, -0.1) is 0 Å². The van der Waals surface area contributed by atoms with E-state index >= 15 is 0 Å². The van der Waals surface area contributed by atoms with E-state index in [0.29, 0.717) is 6.54 Å². The zero-order valence-corrected chi connectivity index (χ0v) is 13.2. The summed E-state index contributed by atoms with van der Waals surface area (Å²) < 4.78 is 2.00. The molecule has 2 rings (SSSR count). The van der Waals surface area contributed by atoms with Gasteiger partial charge in [-0.05, 0) is 25.3 Å². The third-order valence-corrected chi connectivity index (χ3v) is 3.95. The Kier molecular flexibility index (Phi) is 5.09. The zero-order chi connectivity index (χ0) is 14.5. The van der Waals surface area contributed by atoms with Crippen molar-refractivity contribution in [2.75, 3.05) is 30.5 Å². The summed E-state index contributed by atoms with van der Waals surface area (Å²) in [5.41, 5.74) is 9.12. The first kappa shape index (κ1) is 14.9. The number of aromatic nitrogens is 2. The van der Waals surface area contributed by atoms with Crippen LogP contribution in [0.3, 0.4) is 0 Å². The average molecular weight is 290 g/mol. The lowest BCUT2D eigenvalue weighted by molar-refractivity contribution is 0.818. The van der Waals surface area contributed by atoms with Crippen LogP contribution >= 0.6 is 11.8 Å². The number of nitrogens with two attached hydrogens (primary N) is 1. The molecule has 0 saturated heterocycles. The highest BCUT2D eigenvalue weighted by Crippen LogP contribution is 2.26. The summed E-state index contributed by atoms with van der Waals surface area (Å²) in [6.07, 6.45) is 2.12. The first-order chi connectivity index (χ1) is 9.69. The molecule has 0 unspecified atom stereocenters. The van der Waals surface area contributed by atoms with E-state index < -0.39 is 0 Å². The smallest absolute Gasteiger partial charge is 0.136 e. The molecule has 0 aliphatic carbocycles. The van der Waals surface area contributed by atoms with Gasteiger partial charge in [0, 0.05) is 31.5 Å². The van der Waals surface area contributed by atoms with Crippen molar-refractivity contribution in [2.45, 2.75) is 13.5 Å². The molecule has 0 atom stereocenters. The molecule has 0 radical (unpaired) electrons. The lowest BCUT2D eigenvalue weighted by atomic mass is 10.2. The van der Waals surface area contributed by atoms with Crippen molar-refractivity contribution in [2.24, 2.45) is 5.73 Å². The Labute approximate surface area is 125 Å². The summed E-state index contributed by atoms with van der Waals surface area (Å²) in [7, 11) is 2.10. The van der Waals surface area contributed by atoms with Crippen molar-refractivity contribution in [1.29, 1.82) is 0 Å². The van der Waals surface area contributed by atoms with E-state index in [9.17, 15) is 0 Å². The third kappa shape index (κ3) is 2.99. The highest BCUT2D eigenvalue weighted by atomic mass is 32.2. The molecule has 0 amide bonds. The van der Waals surface area contributed by atoms with E-state index in [2.05, 4.69) is 35.4 Å². The fourth-order valence-corrected chi connectivity index (χ4v) is 2.72. The monoisotopic (exact) mass is 290 g/mol. The maximum Gasteiger partial charge on any atom is 0.136 e. The van der Waals surface area contributed by atoms with Crippen molar-refractivity contribution in [1.82, 2.24) is 9.78 Å². The van der Waals surface area contributed by atoms with Gasteiger partial charge in [0.05, 0.1) is 11.4 Å². The topological polar surface area (TPSA) is 47.1 Å². The lowest BCUT2D eigenvalue weighted by Gasteiger charge is -2.21. The van der Waals surface area contributed by atoms with Crippen LogP contribution in [0.1, 0.15) is 11.3 Å². The van der Waals surface area contributed by atoms with Crippen LogP contribution in [-0.2, 0) is 6.54 Å². The van der Waals surface area contributed by atoms with E-state index in [0.717, 1.165) is 35.1 Å². The van der Waals surface area contributed by atoms with Gasteiger partial charge in [-0.3, -0.25) is 0 Å². The van der Waals surface area contributed by atoms with Gasteiger partial charge in [0.15, 0.2) is 0 Å². The van der Waals surface area contributed by atoms with Crippen molar-refractivity contribution < 1.29 is 0 Å². The fourth-order valence-electron chi connectivity index (χ4n) is 2.26. The molecule has 0 spiro atoms. The minimum absolute atomic E-state index is 0.512. The maximum atomic E-state index is 5.92. The molecule has 1 aromatic heterocycles. The van der Waals surface area contributed by atoms with Crippen LogP contribution in [0.25, 0.3) is 5.69 Å². The molecule has 5 heteroatoms. The highest BCUT2D eigenvalue weighted by molar-refractivity contribution is 7.98. The van der Waals surface area contributed by atoms with Crippen LogP contribution in [0.15, 0.2) is 30.3 Å². The zero-order valence-electron chi connectivity index (χ0n) is 12.3. The van der Waals surface area contributed by atoms with Crippen LogP contribution in [0.4, 0.5) is 5.82 Å². The van der Waals surface area contributed by atoms with Gasteiger partial charge in [-0.2, -0.15) is 16.9 Å². The van der Waals surface area contributed by atoms with Gasteiger partial charge in [0.1, 0.15) is 5.82 Å². The number of benzene rings is 1. The summed E-state index contributed by atoms with van der Waals surface area (Å²) in [4.78, 5) is 2.24. The van der Waals surface area contributed by atoms with Crippen LogP contribution in [0.2, 0.25) is 0 Å². The van der Waals surface area contributed by atoms with Gasteiger partial charge in [-0.25, -0.2) is 4.68 Å². The summed E-state index contributed by atoms with van der Waals surface area (Å²) in [5, 5.41) is 4.67. The van der Waals surface area contributed by atoms with Crippen molar-refractivity contribution in [3.8, 4) is 5.69 Å². The molecule has 20 heavy (non-hydrogen) atoms. The van der Waals surface area contributed by atoms with Crippen LogP contribution < -0.4 is 10.6 Å². The number of para-hydroxylation sites is 1. The largest absolute Gasteiger partial charge is 0.358 e. The van der Waals surface area contributed by atoms with Gasteiger partial charge in [0.2, 0.25) is 0 Å². The van der Waals surface area contributed by atoms with Gasteiger partial charge >= 0.3 is 0 Å². The van der Waals surface area contributed by atoms with Crippen LogP contribution in [0, 0.1) is 6.92 Å². The van der Waals surface area contributed by atoms with Crippen molar-refractivity contribution in [3.05, 3.63) is 41.6 Å². The SMILES string of the molecule is CSCCN(C)c1c(CN)c(C)nn1-c1ccccc1. The van der Waals surface area contributed by atoms with Crippen molar-refractivity contribution >= 4 is 17.6 Å². The Morgan fingerprint density at radius 2 is 2.00 bits per heavy atom. The van der Waals surface area contributed by atoms with E-state index in [1.54, 1.807) is 0 Å². The molecule has 0 aliphatic heterocycles. The Morgan fingerprint density at radius 1 is 1.30 bits per heavy atom. The predicted octanol–water partition coefficient (Wildman–Crippen LogP) is 2.44. The molecule has 108 valence electrons. The number of anilines is 1. The van der Waals surface area contributed by atoms with E-state index in [1.165, 1.54) is 0 Å². The molecule has 1 aromatic carbocycles. The minimum atomic E-state index is 0.512. The summed E-state index contributed by atoms with van der Waals surface area (Å²) in [5.74, 6) is 2.18. The minimum Gasteiger partial charge on any atom is -0.358 e. The second-order valence-corrected chi connectivity index (χ2v) is 5.74. The quantitative estimate of drug-likeness (QED) is 0.887. The Morgan fingerprint density at radius 3 is 2.60 bits per heavy atom. The number of hydrogen-bond acceptors (Lipinski definition) is 4. The van der Waals surface area contributed by atoms with Gasteiger partial charge < -0.3 is 10.6 Å². The standard InChI is InChI=1S/C15H22N4S/c1-12-14(11-16)15(18(2)9-10-20-3)19(17-12)13-7-5-4-6-8-13/h4-8H,9-11,16H2,1-3H3. The van der Waals surface area contributed by atoms with Crippen molar-refractivity contribution in [3.63, 3.8) is 0 Å². The first-order valence-electron chi connectivity index (χ1n) is 6.73. The predicted molar refractivity (Wildman–Crippen MR) is 87.8 cm³/mol. The Hall–Kier alpha value is -1.46. The number of nitrogens with zero attached hydrogens (tertiary/aromatic N) is 3. The molecule has 0 bridgehead atoms. The Bertz CT molecular complexity index is 551.